The number of ether oxygens (including phenoxy) is 1. The van der Waals surface area contributed by atoms with E-state index in [1.807, 2.05) is 31.2 Å². The van der Waals surface area contributed by atoms with Gasteiger partial charge in [-0.25, -0.2) is 9.18 Å². The number of carbonyl (C=O) groups excluding carboxylic acids is 2. The third-order valence-corrected chi connectivity index (χ3v) is 5.65. The molecule has 0 aromatic heterocycles. The predicted molar refractivity (Wildman–Crippen MR) is 123 cm³/mol. The van der Waals surface area contributed by atoms with Gasteiger partial charge in [-0.15, -0.1) is 0 Å². The molecule has 0 saturated carbocycles. The number of urea groups is 1. The number of amides is 3. The van der Waals surface area contributed by atoms with E-state index in [1.165, 1.54) is 11.6 Å². The molecule has 1 N–H and O–H groups in total. The van der Waals surface area contributed by atoms with Gasteiger partial charge in [0.05, 0.1) is 11.0 Å². The molecule has 0 spiro atoms. The molecule has 1 saturated heterocycles. The van der Waals surface area contributed by atoms with Gasteiger partial charge in [-0.05, 0) is 58.3 Å². The fourth-order valence-electron chi connectivity index (χ4n) is 3.25. The first-order valence-electron chi connectivity index (χ1n) is 9.96. The molecule has 7 heteroatoms. The van der Waals surface area contributed by atoms with Gasteiger partial charge >= 0.3 is 6.03 Å². The molecule has 32 heavy (non-hydrogen) atoms. The minimum absolute atomic E-state index is 0.131. The molecule has 0 unspecified atom stereocenters. The van der Waals surface area contributed by atoms with Crippen LogP contribution in [-0.2, 0) is 17.9 Å². The van der Waals surface area contributed by atoms with Crippen LogP contribution < -0.4 is 10.1 Å². The average molecular weight is 495 g/mol. The summed E-state index contributed by atoms with van der Waals surface area (Å²) in [5.41, 5.74) is 3.36. The zero-order valence-electron chi connectivity index (χ0n) is 17.3. The average Bonchev–Trinajstić information content (AvgIpc) is 3.03. The zero-order valence-corrected chi connectivity index (χ0v) is 18.9. The summed E-state index contributed by atoms with van der Waals surface area (Å²) >= 11 is 3.49. The Morgan fingerprint density at radius 3 is 2.53 bits per heavy atom. The number of hydrogen-bond acceptors (Lipinski definition) is 3. The summed E-state index contributed by atoms with van der Waals surface area (Å²) in [5.74, 6) is -0.305. The summed E-state index contributed by atoms with van der Waals surface area (Å²) in [6.07, 6.45) is 1.58. The SMILES string of the molecule is Cc1ccc(COc2ccc(/C=C3/NC(=O)N(Cc4ccccc4F)C3=O)cc2Br)cc1. The van der Waals surface area contributed by atoms with Crippen molar-refractivity contribution in [2.75, 3.05) is 0 Å². The lowest BCUT2D eigenvalue weighted by Crippen LogP contribution is -2.30. The molecule has 1 heterocycles. The monoisotopic (exact) mass is 494 g/mol. The Morgan fingerprint density at radius 2 is 1.81 bits per heavy atom. The maximum atomic E-state index is 13.9. The third-order valence-electron chi connectivity index (χ3n) is 5.03. The number of hydrogen-bond donors (Lipinski definition) is 1. The molecule has 0 aliphatic carbocycles. The van der Waals surface area contributed by atoms with Crippen molar-refractivity contribution in [2.45, 2.75) is 20.1 Å². The van der Waals surface area contributed by atoms with E-state index in [0.717, 1.165) is 14.9 Å². The summed E-state index contributed by atoms with van der Waals surface area (Å²) in [6.45, 7) is 2.33. The van der Waals surface area contributed by atoms with E-state index < -0.39 is 17.8 Å². The van der Waals surface area contributed by atoms with Gasteiger partial charge in [0.15, 0.2) is 0 Å². The second kappa shape index (κ2) is 9.36. The van der Waals surface area contributed by atoms with E-state index in [4.69, 9.17) is 4.74 Å². The minimum Gasteiger partial charge on any atom is -0.488 e. The van der Waals surface area contributed by atoms with E-state index in [1.54, 1.807) is 42.5 Å². The van der Waals surface area contributed by atoms with Crippen LogP contribution in [0.15, 0.2) is 76.9 Å². The molecule has 0 atom stereocenters. The second-order valence-corrected chi connectivity index (χ2v) is 8.29. The quantitative estimate of drug-likeness (QED) is 0.360. The summed E-state index contributed by atoms with van der Waals surface area (Å²) in [5, 5.41) is 2.56. The standard InChI is InChI=1S/C25H20BrFN2O3/c1-16-6-8-17(9-7-16)15-32-23-11-10-18(12-20(23)26)13-22-24(30)29(25(31)28-22)14-19-4-2-3-5-21(19)27/h2-13H,14-15H2,1H3,(H,28,31)/b22-13+. The first-order chi connectivity index (χ1) is 15.4. The summed E-state index contributed by atoms with van der Waals surface area (Å²) in [7, 11) is 0. The lowest BCUT2D eigenvalue weighted by atomic mass is 10.1. The number of nitrogens with zero attached hydrogens (tertiary/aromatic N) is 1. The Morgan fingerprint density at radius 1 is 1.06 bits per heavy atom. The van der Waals surface area contributed by atoms with Crippen LogP contribution in [0.1, 0.15) is 22.3 Å². The van der Waals surface area contributed by atoms with Crippen molar-refractivity contribution in [3.8, 4) is 5.75 Å². The third kappa shape index (κ3) is 4.89. The van der Waals surface area contributed by atoms with Crippen LogP contribution in [-0.4, -0.2) is 16.8 Å². The van der Waals surface area contributed by atoms with Gasteiger partial charge in [-0.2, -0.15) is 0 Å². The highest BCUT2D eigenvalue weighted by molar-refractivity contribution is 9.10. The van der Waals surface area contributed by atoms with Crippen molar-refractivity contribution in [1.29, 1.82) is 0 Å². The van der Waals surface area contributed by atoms with Crippen LogP contribution in [0.2, 0.25) is 0 Å². The lowest BCUT2D eigenvalue weighted by Gasteiger charge is -2.12. The van der Waals surface area contributed by atoms with Crippen LogP contribution in [0.3, 0.4) is 0 Å². The summed E-state index contributed by atoms with van der Waals surface area (Å²) in [4.78, 5) is 25.9. The Kier molecular flexibility index (Phi) is 6.37. The minimum atomic E-state index is -0.582. The molecule has 0 bridgehead atoms. The first-order valence-corrected chi connectivity index (χ1v) is 10.8. The first kappa shape index (κ1) is 21.8. The molecule has 3 amide bonds. The fourth-order valence-corrected chi connectivity index (χ4v) is 3.76. The highest BCUT2D eigenvalue weighted by Gasteiger charge is 2.34. The van der Waals surface area contributed by atoms with E-state index in [0.29, 0.717) is 17.9 Å². The van der Waals surface area contributed by atoms with Crippen LogP contribution in [0.4, 0.5) is 9.18 Å². The summed E-state index contributed by atoms with van der Waals surface area (Å²) < 4.78 is 20.5. The van der Waals surface area contributed by atoms with Crippen molar-refractivity contribution in [3.05, 3.63) is 105 Å². The number of nitrogens with one attached hydrogen (secondary N) is 1. The highest BCUT2D eigenvalue weighted by atomic mass is 79.9. The van der Waals surface area contributed by atoms with Crippen molar-refractivity contribution in [3.63, 3.8) is 0 Å². The number of halogens is 2. The number of imide groups is 1. The highest BCUT2D eigenvalue weighted by Crippen LogP contribution is 2.28. The lowest BCUT2D eigenvalue weighted by molar-refractivity contribution is -0.123. The van der Waals surface area contributed by atoms with Crippen molar-refractivity contribution >= 4 is 33.9 Å². The van der Waals surface area contributed by atoms with Gasteiger partial charge in [0, 0.05) is 5.56 Å². The maximum absolute atomic E-state index is 13.9. The molecule has 1 aliphatic rings. The van der Waals surface area contributed by atoms with Crippen molar-refractivity contribution in [1.82, 2.24) is 10.2 Å². The van der Waals surface area contributed by atoms with Crippen molar-refractivity contribution in [2.24, 2.45) is 0 Å². The number of carbonyl (C=O) groups is 2. The van der Waals surface area contributed by atoms with Gasteiger partial charge < -0.3 is 10.1 Å². The molecular formula is C25H20BrFN2O3. The van der Waals surface area contributed by atoms with Gasteiger partial charge in [0.2, 0.25) is 0 Å². The molecular weight excluding hydrogens is 475 g/mol. The van der Waals surface area contributed by atoms with Crippen LogP contribution >= 0.6 is 15.9 Å². The van der Waals surface area contributed by atoms with Gasteiger partial charge in [-0.1, -0.05) is 54.1 Å². The topological polar surface area (TPSA) is 58.6 Å². The maximum Gasteiger partial charge on any atom is 0.329 e. The Bertz CT molecular complexity index is 1210. The normalized spacial score (nSPS) is 14.7. The van der Waals surface area contributed by atoms with Gasteiger partial charge in [-0.3, -0.25) is 9.69 Å². The molecule has 1 fully saturated rings. The van der Waals surface area contributed by atoms with E-state index >= 15 is 0 Å². The molecule has 3 aromatic carbocycles. The molecule has 162 valence electrons. The molecule has 1 aliphatic heterocycles. The van der Waals surface area contributed by atoms with E-state index in [9.17, 15) is 14.0 Å². The zero-order chi connectivity index (χ0) is 22.7. The van der Waals surface area contributed by atoms with Gasteiger partial charge in [0.1, 0.15) is 23.9 Å². The number of aryl methyl sites for hydroxylation is 1. The van der Waals surface area contributed by atoms with E-state index in [2.05, 4.69) is 21.2 Å². The Labute approximate surface area is 193 Å². The predicted octanol–water partition coefficient (Wildman–Crippen LogP) is 5.57. The van der Waals surface area contributed by atoms with Crippen LogP contribution in [0.5, 0.6) is 5.75 Å². The summed E-state index contributed by atoms with van der Waals surface area (Å²) in [6, 6.07) is 19.0. The van der Waals surface area contributed by atoms with Crippen molar-refractivity contribution < 1.29 is 18.7 Å². The van der Waals surface area contributed by atoms with Gasteiger partial charge in [0.25, 0.3) is 5.91 Å². The second-order valence-electron chi connectivity index (χ2n) is 7.44. The fraction of sp³-hybridized carbons (Fsp3) is 0.120. The number of benzene rings is 3. The molecule has 3 aromatic rings. The number of rotatable bonds is 6. The molecule has 4 rings (SSSR count). The Balaban J connectivity index is 1.45. The van der Waals surface area contributed by atoms with E-state index in [-0.39, 0.29) is 17.8 Å². The molecule has 0 radical (unpaired) electrons. The van der Waals surface area contributed by atoms with Crippen LogP contribution in [0, 0.1) is 12.7 Å². The Hall–Kier alpha value is -3.45. The molecule has 5 nitrogen and oxygen atoms in total. The smallest absolute Gasteiger partial charge is 0.329 e. The van der Waals surface area contributed by atoms with Crippen LogP contribution in [0.25, 0.3) is 6.08 Å². The largest absolute Gasteiger partial charge is 0.488 e.